The summed E-state index contributed by atoms with van der Waals surface area (Å²) in [6, 6.07) is 12.8. The van der Waals surface area contributed by atoms with Crippen molar-refractivity contribution < 1.29 is 14.3 Å². The Hall–Kier alpha value is -3.46. The van der Waals surface area contributed by atoms with Gasteiger partial charge >= 0.3 is 5.69 Å². The van der Waals surface area contributed by atoms with Crippen molar-refractivity contribution in [1.82, 2.24) is 25.1 Å². The molecule has 0 aliphatic heterocycles. The lowest BCUT2D eigenvalue weighted by atomic mass is 10.2. The molecule has 9 nitrogen and oxygen atoms in total. The summed E-state index contributed by atoms with van der Waals surface area (Å²) in [5, 5.41) is 9.86. The summed E-state index contributed by atoms with van der Waals surface area (Å²) in [5.74, 6) is -0.723. The minimum atomic E-state index is -0.705. The third kappa shape index (κ3) is 4.04. The lowest BCUT2D eigenvalue weighted by Gasteiger charge is -2.05. The first-order chi connectivity index (χ1) is 13.0. The molecule has 138 valence electrons. The van der Waals surface area contributed by atoms with Crippen LogP contribution in [0.25, 0.3) is 5.69 Å². The van der Waals surface area contributed by atoms with E-state index in [-0.39, 0.29) is 5.56 Å². The summed E-state index contributed by atoms with van der Waals surface area (Å²) < 4.78 is 6.81. The van der Waals surface area contributed by atoms with Gasteiger partial charge in [-0.15, -0.1) is 0 Å². The van der Waals surface area contributed by atoms with Crippen LogP contribution in [0.4, 0.5) is 0 Å². The van der Waals surface area contributed by atoms with Crippen LogP contribution in [-0.4, -0.2) is 38.7 Å². The fourth-order valence-electron chi connectivity index (χ4n) is 2.26. The molecular weight excluding hydrogens is 374 g/mol. The third-order valence-electron chi connectivity index (χ3n) is 3.62. The molecule has 3 aromatic rings. The number of rotatable bonds is 5. The number of carbonyl (C=O) groups excluding carboxylic acids is 2. The monoisotopic (exact) mass is 387 g/mol. The summed E-state index contributed by atoms with van der Waals surface area (Å²) in [5.41, 5.74) is -0.0449. The fourth-order valence-corrected chi connectivity index (χ4v) is 2.48. The van der Waals surface area contributed by atoms with E-state index >= 15 is 0 Å². The SMILES string of the molecule is COc1ccc(C(=O)NC(=O)Cn2nnn(-c3ccccc3Cl)c2=O)cc1. The van der Waals surface area contributed by atoms with E-state index in [1.54, 1.807) is 36.4 Å². The minimum absolute atomic E-state index is 0.274. The van der Waals surface area contributed by atoms with Crippen molar-refractivity contribution in [1.29, 1.82) is 0 Å². The largest absolute Gasteiger partial charge is 0.497 e. The van der Waals surface area contributed by atoms with Crippen LogP contribution in [0.5, 0.6) is 5.75 Å². The number of aromatic nitrogens is 4. The third-order valence-corrected chi connectivity index (χ3v) is 3.94. The van der Waals surface area contributed by atoms with Gasteiger partial charge in [0.2, 0.25) is 5.91 Å². The number of halogens is 1. The molecule has 1 N–H and O–H groups in total. The van der Waals surface area contributed by atoms with Crippen LogP contribution in [0, 0.1) is 0 Å². The Morgan fingerprint density at radius 3 is 2.48 bits per heavy atom. The number of hydrogen-bond donors (Lipinski definition) is 1. The highest BCUT2D eigenvalue weighted by atomic mass is 35.5. The topological polar surface area (TPSA) is 108 Å². The molecule has 0 aliphatic rings. The zero-order chi connectivity index (χ0) is 19.4. The Morgan fingerprint density at radius 1 is 1.11 bits per heavy atom. The van der Waals surface area contributed by atoms with Gasteiger partial charge in [-0.25, -0.2) is 4.79 Å². The molecule has 27 heavy (non-hydrogen) atoms. The maximum atomic E-state index is 12.3. The second kappa shape index (κ2) is 7.83. The molecule has 0 radical (unpaired) electrons. The second-order valence-electron chi connectivity index (χ2n) is 5.39. The van der Waals surface area contributed by atoms with Crippen molar-refractivity contribution in [2.45, 2.75) is 6.54 Å². The Morgan fingerprint density at radius 2 is 1.81 bits per heavy atom. The van der Waals surface area contributed by atoms with Crippen LogP contribution < -0.4 is 15.7 Å². The number of nitrogens with zero attached hydrogens (tertiary/aromatic N) is 4. The van der Waals surface area contributed by atoms with Crippen molar-refractivity contribution in [3.8, 4) is 11.4 Å². The number of tetrazole rings is 1. The number of amides is 2. The summed E-state index contributed by atoms with van der Waals surface area (Å²) in [6.07, 6.45) is 0. The van der Waals surface area contributed by atoms with E-state index in [4.69, 9.17) is 16.3 Å². The zero-order valence-electron chi connectivity index (χ0n) is 14.1. The Labute approximate surface area is 158 Å². The van der Waals surface area contributed by atoms with Crippen LogP contribution in [-0.2, 0) is 11.3 Å². The Bertz CT molecular complexity index is 1040. The zero-order valence-corrected chi connectivity index (χ0v) is 14.9. The molecular formula is C17H14ClN5O4. The van der Waals surface area contributed by atoms with Crippen LogP contribution in [0.15, 0.2) is 53.3 Å². The molecule has 0 spiro atoms. The highest BCUT2D eigenvalue weighted by molar-refractivity contribution is 6.32. The van der Waals surface area contributed by atoms with Gasteiger partial charge < -0.3 is 4.74 Å². The molecule has 0 atom stereocenters. The average molecular weight is 388 g/mol. The molecule has 1 heterocycles. The van der Waals surface area contributed by atoms with Crippen LogP contribution in [0.1, 0.15) is 10.4 Å². The minimum Gasteiger partial charge on any atom is -0.497 e. The van der Waals surface area contributed by atoms with Gasteiger partial charge in [0.25, 0.3) is 5.91 Å². The average Bonchev–Trinajstić information content (AvgIpc) is 3.02. The predicted octanol–water partition coefficient (Wildman–Crippen LogP) is 1.05. The second-order valence-corrected chi connectivity index (χ2v) is 5.80. The number of methoxy groups -OCH3 is 1. The van der Waals surface area contributed by atoms with Gasteiger partial charge in [-0.1, -0.05) is 23.7 Å². The van der Waals surface area contributed by atoms with Crippen LogP contribution >= 0.6 is 11.6 Å². The summed E-state index contributed by atoms with van der Waals surface area (Å²) in [6.45, 7) is -0.467. The van der Waals surface area contributed by atoms with E-state index in [1.807, 2.05) is 0 Å². The molecule has 0 saturated heterocycles. The van der Waals surface area contributed by atoms with Crippen molar-refractivity contribution in [3.05, 3.63) is 69.6 Å². The number of imide groups is 1. The van der Waals surface area contributed by atoms with Crippen molar-refractivity contribution in [2.24, 2.45) is 0 Å². The van der Waals surface area contributed by atoms with Crippen molar-refractivity contribution in [2.75, 3.05) is 7.11 Å². The van der Waals surface area contributed by atoms with Crippen LogP contribution in [0.3, 0.4) is 0 Å². The summed E-state index contributed by atoms with van der Waals surface area (Å²) in [4.78, 5) is 36.5. The number of nitrogens with one attached hydrogen (secondary N) is 1. The van der Waals surface area contributed by atoms with E-state index in [0.29, 0.717) is 16.5 Å². The molecule has 0 aliphatic carbocycles. The predicted molar refractivity (Wildman–Crippen MR) is 96.1 cm³/mol. The maximum absolute atomic E-state index is 12.3. The smallest absolute Gasteiger partial charge is 0.369 e. The van der Waals surface area contributed by atoms with Gasteiger partial charge in [0.1, 0.15) is 12.3 Å². The highest BCUT2D eigenvalue weighted by Gasteiger charge is 2.16. The number of para-hydroxylation sites is 1. The van der Waals surface area contributed by atoms with Gasteiger partial charge in [0, 0.05) is 5.56 Å². The van der Waals surface area contributed by atoms with Gasteiger partial charge in [-0.3, -0.25) is 14.9 Å². The van der Waals surface area contributed by atoms with E-state index in [0.717, 1.165) is 9.36 Å². The first-order valence-corrected chi connectivity index (χ1v) is 8.13. The lowest BCUT2D eigenvalue weighted by Crippen LogP contribution is -2.36. The number of benzene rings is 2. The van der Waals surface area contributed by atoms with Gasteiger partial charge in [0.05, 0.1) is 17.8 Å². The van der Waals surface area contributed by atoms with E-state index in [9.17, 15) is 14.4 Å². The van der Waals surface area contributed by atoms with E-state index < -0.39 is 24.0 Å². The summed E-state index contributed by atoms with van der Waals surface area (Å²) >= 11 is 6.03. The molecule has 3 rings (SSSR count). The highest BCUT2D eigenvalue weighted by Crippen LogP contribution is 2.16. The van der Waals surface area contributed by atoms with E-state index in [1.165, 1.54) is 19.2 Å². The first kappa shape index (κ1) is 18.3. The quantitative estimate of drug-likeness (QED) is 0.701. The van der Waals surface area contributed by atoms with Crippen molar-refractivity contribution in [3.63, 3.8) is 0 Å². The number of ether oxygens (including phenoxy) is 1. The Kier molecular flexibility index (Phi) is 5.32. The summed E-state index contributed by atoms with van der Waals surface area (Å²) in [7, 11) is 1.51. The lowest BCUT2D eigenvalue weighted by molar-refractivity contribution is -0.120. The van der Waals surface area contributed by atoms with Gasteiger partial charge in [0.15, 0.2) is 0 Å². The standard InChI is InChI=1S/C17H14ClN5O4/c1-27-12-8-6-11(7-9-12)16(25)19-15(24)10-22-17(26)23(21-20-22)14-5-3-2-4-13(14)18/h2-9H,10H2,1H3,(H,19,24,25). The van der Waals surface area contributed by atoms with E-state index in [2.05, 4.69) is 15.7 Å². The number of carbonyl (C=O) groups is 2. The van der Waals surface area contributed by atoms with Crippen molar-refractivity contribution >= 4 is 23.4 Å². The molecule has 0 fully saturated rings. The van der Waals surface area contributed by atoms with Gasteiger partial charge in [-0.2, -0.15) is 9.36 Å². The molecule has 10 heteroatoms. The molecule has 0 unspecified atom stereocenters. The number of hydrogen-bond acceptors (Lipinski definition) is 6. The Balaban J connectivity index is 1.70. The maximum Gasteiger partial charge on any atom is 0.369 e. The molecule has 2 aromatic carbocycles. The molecule has 0 saturated carbocycles. The molecule has 1 aromatic heterocycles. The first-order valence-electron chi connectivity index (χ1n) is 7.75. The van der Waals surface area contributed by atoms with Crippen LogP contribution in [0.2, 0.25) is 5.02 Å². The molecule has 2 amide bonds. The fraction of sp³-hybridized carbons (Fsp3) is 0.118. The normalized spacial score (nSPS) is 10.4. The molecule has 0 bridgehead atoms. The van der Waals surface area contributed by atoms with Gasteiger partial charge in [-0.05, 0) is 46.8 Å².